The lowest BCUT2D eigenvalue weighted by molar-refractivity contribution is -0.384. The highest BCUT2D eigenvalue weighted by Gasteiger charge is 2.09. The molecule has 1 rings (SSSR count). The molecular weight excluding hydrogens is 222 g/mol. The van der Waals surface area contributed by atoms with Gasteiger partial charge in [0.25, 0.3) is 16.7 Å². The normalized spacial score (nSPS) is 12.7. The van der Waals surface area contributed by atoms with E-state index in [9.17, 15) is 18.5 Å². The summed E-state index contributed by atoms with van der Waals surface area (Å²) in [4.78, 5) is 9.81. The van der Waals surface area contributed by atoms with Crippen LogP contribution in [0, 0.1) is 10.1 Å². The van der Waals surface area contributed by atoms with Crippen molar-refractivity contribution in [2.75, 3.05) is 0 Å². The Hall–Kier alpha value is -1.47. The van der Waals surface area contributed by atoms with Crippen molar-refractivity contribution in [3.63, 3.8) is 0 Å². The molecule has 0 amide bonds. The van der Waals surface area contributed by atoms with Crippen molar-refractivity contribution in [3.05, 3.63) is 39.9 Å². The highest BCUT2D eigenvalue weighted by atomic mass is 32.2. The SMILES string of the molecule is CC(O[SH](=O)=O)c1ccc([N+](=O)[O-])cc1. The van der Waals surface area contributed by atoms with E-state index in [1.165, 1.54) is 24.3 Å². The number of hydrogen-bond donors (Lipinski definition) is 1. The van der Waals surface area contributed by atoms with Gasteiger partial charge in [-0.25, -0.2) is 8.42 Å². The molecule has 6 nitrogen and oxygen atoms in total. The van der Waals surface area contributed by atoms with Gasteiger partial charge in [0.1, 0.15) is 0 Å². The first-order valence-electron chi connectivity index (χ1n) is 4.06. The molecule has 0 spiro atoms. The molecule has 1 aromatic carbocycles. The van der Waals surface area contributed by atoms with Gasteiger partial charge in [0.15, 0.2) is 0 Å². The van der Waals surface area contributed by atoms with Crippen molar-refractivity contribution in [2.45, 2.75) is 13.0 Å². The van der Waals surface area contributed by atoms with Gasteiger partial charge in [0.05, 0.1) is 11.0 Å². The van der Waals surface area contributed by atoms with Crippen LogP contribution in [-0.4, -0.2) is 13.3 Å². The van der Waals surface area contributed by atoms with Gasteiger partial charge < -0.3 is 0 Å². The van der Waals surface area contributed by atoms with E-state index in [-0.39, 0.29) is 5.69 Å². The molecule has 0 N–H and O–H groups in total. The molecule has 82 valence electrons. The van der Waals surface area contributed by atoms with E-state index >= 15 is 0 Å². The number of hydrogen-bond acceptors (Lipinski definition) is 5. The summed E-state index contributed by atoms with van der Waals surface area (Å²) >= 11 is 0. The predicted octanol–water partition coefficient (Wildman–Crippen LogP) is 1.20. The summed E-state index contributed by atoms with van der Waals surface area (Å²) in [6.07, 6.45) is -0.632. The molecule has 1 atom stereocenters. The first-order valence-corrected chi connectivity index (χ1v) is 5.16. The van der Waals surface area contributed by atoms with Crippen molar-refractivity contribution in [1.29, 1.82) is 0 Å². The largest absolute Gasteiger partial charge is 0.269 e. The Morgan fingerprint density at radius 1 is 1.33 bits per heavy atom. The van der Waals surface area contributed by atoms with E-state index < -0.39 is 22.0 Å². The maximum Gasteiger partial charge on any atom is 0.269 e. The minimum Gasteiger partial charge on any atom is -0.264 e. The van der Waals surface area contributed by atoms with Crippen LogP contribution in [0.2, 0.25) is 0 Å². The molecule has 0 heterocycles. The van der Waals surface area contributed by atoms with Crippen LogP contribution >= 0.6 is 0 Å². The van der Waals surface area contributed by atoms with Crippen molar-refractivity contribution in [1.82, 2.24) is 0 Å². The van der Waals surface area contributed by atoms with E-state index in [1.807, 2.05) is 0 Å². The van der Waals surface area contributed by atoms with Crippen LogP contribution in [0.3, 0.4) is 0 Å². The minimum atomic E-state index is -2.92. The molecule has 0 aliphatic heterocycles. The van der Waals surface area contributed by atoms with Crippen LogP contribution in [0.5, 0.6) is 0 Å². The summed E-state index contributed by atoms with van der Waals surface area (Å²) in [5.41, 5.74) is 0.525. The first kappa shape index (κ1) is 11.6. The number of thiol groups is 1. The number of non-ortho nitro benzene ring substituents is 1. The van der Waals surface area contributed by atoms with Gasteiger partial charge >= 0.3 is 0 Å². The van der Waals surface area contributed by atoms with Crippen LogP contribution in [0.25, 0.3) is 0 Å². The van der Waals surface area contributed by atoms with E-state index in [1.54, 1.807) is 6.92 Å². The molecule has 0 aliphatic rings. The zero-order valence-corrected chi connectivity index (χ0v) is 8.72. The Balaban J connectivity index is 2.84. The molecule has 0 radical (unpaired) electrons. The third-order valence-electron chi connectivity index (χ3n) is 1.82. The second-order valence-electron chi connectivity index (χ2n) is 2.82. The fourth-order valence-corrected chi connectivity index (χ4v) is 1.44. The summed E-state index contributed by atoms with van der Waals surface area (Å²) in [5.74, 6) is 0. The Morgan fingerprint density at radius 2 is 1.87 bits per heavy atom. The zero-order chi connectivity index (χ0) is 11.4. The van der Waals surface area contributed by atoms with E-state index in [4.69, 9.17) is 0 Å². The lowest BCUT2D eigenvalue weighted by Crippen LogP contribution is -1.98. The number of nitro groups is 1. The smallest absolute Gasteiger partial charge is 0.264 e. The molecule has 15 heavy (non-hydrogen) atoms. The monoisotopic (exact) mass is 231 g/mol. The van der Waals surface area contributed by atoms with Crippen LogP contribution in [0.4, 0.5) is 5.69 Å². The molecular formula is C8H9NO5S. The molecule has 0 aliphatic carbocycles. The third-order valence-corrected chi connectivity index (χ3v) is 2.31. The Labute approximate surface area is 87.8 Å². The van der Waals surface area contributed by atoms with Gasteiger partial charge in [-0.15, -0.1) is 0 Å². The van der Waals surface area contributed by atoms with Gasteiger partial charge in [-0.1, -0.05) is 0 Å². The molecule has 7 heteroatoms. The van der Waals surface area contributed by atoms with Crippen LogP contribution in [-0.2, 0) is 15.2 Å². The first-order chi connectivity index (χ1) is 7.00. The molecule has 0 bridgehead atoms. The number of benzene rings is 1. The quantitative estimate of drug-likeness (QED) is 0.478. The standard InChI is InChI=1S/C8H9NO5S/c1-6(14-15(12)13)7-2-4-8(5-3-7)9(10)11/h2-6,15H,1H3. The Morgan fingerprint density at radius 3 is 2.27 bits per heavy atom. The predicted molar refractivity (Wildman–Crippen MR) is 52.9 cm³/mol. The Kier molecular flexibility index (Phi) is 3.75. The Bertz CT molecular complexity index is 417. The summed E-state index contributed by atoms with van der Waals surface area (Å²) in [7, 11) is -2.92. The van der Waals surface area contributed by atoms with E-state index in [2.05, 4.69) is 4.18 Å². The van der Waals surface area contributed by atoms with E-state index in [0.717, 1.165) is 0 Å². The summed E-state index contributed by atoms with van der Waals surface area (Å²) in [6, 6.07) is 5.52. The fraction of sp³-hybridized carbons (Fsp3) is 0.250. The topological polar surface area (TPSA) is 86.5 Å². The molecule has 1 aromatic rings. The van der Waals surface area contributed by atoms with E-state index in [0.29, 0.717) is 5.56 Å². The second-order valence-corrected chi connectivity index (χ2v) is 3.48. The molecule has 0 fully saturated rings. The highest BCUT2D eigenvalue weighted by Crippen LogP contribution is 2.19. The molecule has 1 unspecified atom stereocenters. The second kappa shape index (κ2) is 4.85. The van der Waals surface area contributed by atoms with Crippen LogP contribution in [0.1, 0.15) is 18.6 Å². The molecule has 0 saturated heterocycles. The van der Waals surface area contributed by atoms with Gasteiger partial charge in [-0.3, -0.25) is 14.3 Å². The van der Waals surface area contributed by atoms with Gasteiger partial charge in [-0.2, -0.15) is 0 Å². The average Bonchev–Trinajstić information content (AvgIpc) is 2.17. The third kappa shape index (κ3) is 3.30. The van der Waals surface area contributed by atoms with Gasteiger partial charge in [-0.05, 0) is 24.6 Å². The van der Waals surface area contributed by atoms with Crippen molar-refractivity contribution in [3.8, 4) is 0 Å². The average molecular weight is 231 g/mol. The van der Waals surface area contributed by atoms with Crippen LogP contribution in [0.15, 0.2) is 24.3 Å². The number of nitro benzene ring substituents is 1. The lowest BCUT2D eigenvalue weighted by Gasteiger charge is -2.07. The maximum absolute atomic E-state index is 10.3. The minimum absolute atomic E-state index is 0.0440. The van der Waals surface area contributed by atoms with Gasteiger partial charge in [0, 0.05) is 12.1 Å². The van der Waals surface area contributed by atoms with Crippen molar-refractivity contribution < 1.29 is 17.5 Å². The zero-order valence-electron chi connectivity index (χ0n) is 7.82. The summed E-state index contributed by atoms with van der Waals surface area (Å²) in [6.45, 7) is 1.55. The van der Waals surface area contributed by atoms with Crippen LogP contribution < -0.4 is 0 Å². The fourth-order valence-electron chi connectivity index (χ4n) is 1.06. The number of nitrogens with zero attached hydrogens (tertiary/aromatic N) is 1. The number of rotatable bonds is 4. The molecule has 0 saturated carbocycles. The summed E-state index contributed by atoms with van der Waals surface area (Å²) in [5, 5.41) is 10.3. The summed E-state index contributed by atoms with van der Waals surface area (Å²) < 4.78 is 25.0. The van der Waals surface area contributed by atoms with Gasteiger partial charge in [0.2, 0.25) is 0 Å². The van der Waals surface area contributed by atoms with Crippen molar-refractivity contribution >= 4 is 16.7 Å². The highest BCUT2D eigenvalue weighted by molar-refractivity contribution is 7.67. The lowest BCUT2D eigenvalue weighted by atomic mass is 10.1. The maximum atomic E-state index is 10.3. The van der Waals surface area contributed by atoms with Crippen molar-refractivity contribution in [2.24, 2.45) is 0 Å². The molecule has 0 aromatic heterocycles.